The third-order valence-electron chi connectivity index (χ3n) is 3.25. The lowest BCUT2D eigenvalue weighted by atomic mass is 9.87. The Labute approximate surface area is 93.0 Å². The minimum Gasteiger partial charge on any atom is -0.342 e. The maximum Gasteiger partial charge on any atom is 0.229 e. The fraction of sp³-hybridized carbons (Fsp3) is 0.917. The van der Waals surface area contributed by atoms with E-state index in [1.54, 1.807) is 0 Å². The molecule has 1 rings (SSSR count). The van der Waals surface area contributed by atoms with Crippen LogP contribution in [0.2, 0.25) is 0 Å². The van der Waals surface area contributed by atoms with Crippen molar-refractivity contribution in [3.63, 3.8) is 0 Å². The van der Waals surface area contributed by atoms with Gasteiger partial charge in [0.15, 0.2) is 0 Å². The minimum atomic E-state index is -0.406. The van der Waals surface area contributed by atoms with E-state index in [0.717, 1.165) is 13.1 Å². The zero-order valence-electron chi connectivity index (χ0n) is 10.4. The standard InChI is InChI=1S/C12H24N2O/c1-9-5-10(2)7-14(6-9)11(15)12(3,4)8-13/h9-10H,5-8,13H2,1-4H3/t9-,10+. The summed E-state index contributed by atoms with van der Waals surface area (Å²) in [6, 6.07) is 0. The molecule has 0 aromatic carbocycles. The van der Waals surface area contributed by atoms with Crippen LogP contribution in [-0.2, 0) is 4.79 Å². The Morgan fingerprint density at radius 3 is 2.20 bits per heavy atom. The first-order chi connectivity index (χ1) is 6.86. The lowest BCUT2D eigenvalue weighted by Gasteiger charge is -2.39. The van der Waals surface area contributed by atoms with Crippen molar-refractivity contribution in [3.05, 3.63) is 0 Å². The molecule has 0 aromatic rings. The fourth-order valence-electron chi connectivity index (χ4n) is 2.34. The van der Waals surface area contributed by atoms with Crippen LogP contribution in [0.4, 0.5) is 0 Å². The van der Waals surface area contributed by atoms with Gasteiger partial charge in [0.1, 0.15) is 0 Å². The second-order valence-electron chi connectivity index (χ2n) is 5.74. The van der Waals surface area contributed by atoms with Crippen molar-refractivity contribution in [2.75, 3.05) is 19.6 Å². The molecule has 1 aliphatic heterocycles. The summed E-state index contributed by atoms with van der Waals surface area (Å²) in [5.74, 6) is 1.45. The lowest BCUT2D eigenvalue weighted by Crippen LogP contribution is -2.50. The number of rotatable bonds is 2. The van der Waals surface area contributed by atoms with Gasteiger partial charge in [-0.25, -0.2) is 0 Å². The van der Waals surface area contributed by atoms with Gasteiger partial charge in [-0.2, -0.15) is 0 Å². The Bertz CT molecular complexity index is 228. The summed E-state index contributed by atoms with van der Waals surface area (Å²) in [7, 11) is 0. The number of likely N-dealkylation sites (tertiary alicyclic amines) is 1. The average molecular weight is 212 g/mol. The summed E-state index contributed by atoms with van der Waals surface area (Å²) in [6.45, 7) is 10.5. The maximum atomic E-state index is 12.2. The van der Waals surface area contributed by atoms with Crippen LogP contribution in [0.5, 0.6) is 0 Å². The topological polar surface area (TPSA) is 46.3 Å². The number of piperidine rings is 1. The van der Waals surface area contributed by atoms with E-state index in [1.807, 2.05) is 18.7 Å². The van der Waals surface area contributed by atoms with E-state index in [-0.39, 0.29) is 5.91 Å². The van der Waals surface area contributed by atoms with Gasteiger partial charge in [0.05, 0.1) is 5.41 Å². The van der Waals surface area contributed by atoms with E-state index in [0.29, 0.717) is 18.4 Å². The highest BCUT2D eigenvalue weighted by atomic mass is 16.2. The Hall–Kier alpha value is -0.570. The molecule has 1 aliphatic rings. The molecular weight excluding hydrogens is 188 g/mol. The van der Waals surface area contributed by atoms with Gasteiger partial charge in [-0.05, 0) is 32.1 Å². The van der Waals surface area contributed by atoms with Crippen LogP contribution in [0.3, 0.4) is 0 Å². The molecular formula is C12H24N2O. The van der Waals surface area contributed by atoms with E-state index in [9.17, 15) is 4.79 Å². The summed E-state index contributed by atoms with van der Waals surface area (Å²) in [6.07, 6.45) is 1.23. The van der Waals surface area contributed by atoms with Crippen LogP contribution < -0.4 is 5.73 Å². The summed E-state index contributed by atoms with van der Waals surface area (Å²) in [5.41, 5.74) is 5.23. The quantitative estimate of drug-likeness (QED) is 0.753. The van der Waals surface area contributed by atoms with Gasteiger partial charge in [0.2, 0.25) is 5.91 Å². The largest absolute Gasteiger partial charge is 0.342 e. The zero-order chi connectivity index (χ0) is 11.6. The first-order valence-electron chi connectivity index (χ1n) is 5.86. The van der Waals surface area contributed by atoms with Crippen molar-refractivity contribution >= 4 is 5.91 Å². The van der Waals surface area contributed by atoms with E-state index < -0.39 is 5.41 Å². The average Bonchev–Trinajstić information content (AvgIpc) is 2.15. The Kier molecular flexibility index (Phi) is 3.77. The molecule has 3 nitrogen and oxygen atoms in total. The predicted molar refractivity (Wildman–Crippen MR) is 62.4 cm³/mol. The lowest BCUT2D eigenvalue weighted by molar-refractivity contribution is -0.142. The van der Waals surface area contributed by atoms with Gasteiger partial charge < -0.3 is 10.6 Å². The van der Waals surface area contributed by atoms with Crippen LogP contribution in [0, 0.1) is 17.3 Å². The molecule has 1 heterocycles. The van der Waals surface area contributed by atoms with Crippen molar-refractivity contribution in [1.82, 2.24) is 4.90 Å². The van der Waals surface area contributed by atoms with E-state index >= 15 is 0 Å². The zero-order valence-corrected chi connectivity index (χ0v) is 10.4. The molecule has 0 unspecified atom stereocenters. The first kappa shape index (κ1) is 12.5. The predicted octanol–water partition coefficient (Wildman–Crippen LogP) is 1.48. The van der Waals surface area contributed by atoms with Crippen molar-refractivity contribution in [1.29, 1.82) is 0 Å². The van der Waals surface area contributed by atoms with Gasteiger partial charge in [-0.3, -0.25) is 4.79 Å². The second-order valence-corrected chi connectivity index (χ2v) is 5.74. The van der Waals surface area contributed by atoms with Crippen LogP contribution >= 0.6 is 0 Å². The van der Waals surface area contributed by atoms with Crippen LogP contribution in [-0.4, -0.2) is 30.4 Å². The maximum absolute atomic E-state index is 12.2. The van der Waals surface area contributed by atoms with E-state index in [2.05, 4.69) is 13.8 Å². The molecule has 0 saturated carbocycles. The molecule has 0 bridgehead atoms. The summed E-state index contributed by atoms with van der Waals surface area (Å²) >= 11 is 0. The number of hydrogen-bond donors (Lipinski definition) is 1. The van der Waals surface area contributed by atoms with Crippen LogP contribution in [0.15, 0.2) is 0 Å². The number of nitrogens with two attached hydrogens (primary N) is 1. The highest BCUT2D eigenvalue weighted by Crippen LogP contribution is 2.25. The monoisotopic (exact) mass is 212 g/mol. The van der Waals surface area contributed by atoms with Crippen molar-refractivity contribution in [3.8, 4) is 0 Å². The van der Waals surface area contributed by atoms with Crippen LogP contribution in [0.25, 0.3) is 0 Å². The van der Waals surface area contributed by atoms with Crippen LogP contribution in [0.1, 0.15) is 34.1 Å². The summed E-state index contributed by atoms with van der Waals surface area (Å²) in [5, 5.41) is 0. The molecule has 0 aliphatic carbocycles. The number of amides is 1. The SMILES string of the molecule is C[C@@H]1C[C@H](C)CN(C(=O)C(C)(C)CN)C1. The minimum absolute atomic E-state index is 0.211. The van der Waals surface area contributed by atoms with Gasteiger partial charge in [0, 0.05) is 19.6 Å². The normalized spacial score (nSPS) is 27.9. The van der Waals surface area contributed by atoms with E-state index in [4.69, 9.17) is 5.73 Å². The van der Waals surface area contributed by atoms with Crippen molar-refractivity contribution < 1.29 is 4.79 Å². The number of nitrogens with zero attached hydrogens (tertiary/aromatic N) is 1. The third kappa shape index (κ3) is 2.94. The number of carbonyl (C=O) groups excluding carboxylic acids is 1. The van der Waals surface area contributed by atoms with Gasteiger partial charge in [0.25, 0.3) is 0 Å². The molecule has 3 heteroatoms. The molecule has 2 atom stereocenters. The molecule has 88 valence electrons. The summed E-state index contributed by atoms with van der Waals surface area (Å²) < 4.78 is 0. The Morgan fingerprint density at radius 1 is 1.33 bits per heavy atom. The number of carbonyl (C=O) groups is 1. The van der Waals surface area contributed by atoms with Gasteiger partial charge >= 0.3 is 0 Å². The Morgan fingerprint density at radius 2 is 1.80 bits per heavy atom. The van der Waals surface area contributed by atoms with Gasteiger partial charge in [-0.15, -0.1) is 0 Å². The molecule has 2 N–H and O–H groups in total. The summed E-state index contributed by atoms with van der Waals surface area (Å²) in [4.78, 5) is 14.2. The van der Waals surface area contributed by atoms with Gasteiger partial charge in [-0.1, -0.05) is 13.8 Å². The molecule has 1 amide bonds. The molecule has 0 aromatic heterocycles. The van der Waals surface area contributed by atoms with E-state index in [1.165, 1.54) is 6.42 Å². The highest BCUT2D eigenvalue weighted by Gasteiger charge is 2.34. The smallest absolute Gasteiger partial charge is 0.229 e. The van der Waals surface area contributed by atoms with Crippen molar-refractivity contribution in [2.45, 2.75) is 34.1 Å². The molecule has 0 spiro atoms. The number of hydrogen-bond acceptors (Lipinski definition) is 2. The molecule has 0 radical (unpaired) electrons. The second kappa shape index (κ2) is 4.52. The molecule has 1 fully saturated rings. The van der Waals surface area contributed by atoms with Crippen molar-refractivity contribution in [2.24, 2.45) is 23.0 Å². The fourth-order valence-corrected chi connectivity index (χ4v) is 2.34. The molecule has 1 saturated heterocycles. The highest BCUT2D eigenvalue weighted by molar-refractivity contribution is 5.82. The third-order valence-corrected chi connectivity index (χ3v) is 3.25. The Balaban J connectivity index is 2.67. The first-order valence-corrected chi connectivity index (χ1v) is 5.86. The molecule has 15 heavy (non-hydrogen) atoms.